The number of piperazine rings is 1. The summed E-state index contributed by atoms with van der Waals surface area (Å²) in [5.74, 6) is 0.995. The van der Waals surface area contributed by atoms with Gasteiger partial charge in [-0.2, -0.15) is 0 Å². The lowest BCUT2D eigenvalue weighted by Crippen LogP contribution is -2.49. The molecule has 0 aromatic heterocycles. The third kappa shape index (κ3) is 3.80. The average molecular weight is 367 g/mol. The standard InChI is InChI=1S/C22H29N3O2/c1-16(17-3-4-19-14-21(27-2)6-5-18(19)13-17)22(26)25-10-7-20(15-25)24-11-8-23-9-12-24/h3-6,13-14,16,20,23H,7-12,15H2,1-2H3/t16-,20?/m0/s1. The molecule has 2 saturated heterocycles. The first-order chi connectivity index (χ1) is 13.2. The van der Waals surface area contributed by atoms with E-state index in [9.17, 15) is 4.79 Å². The Bertz CT molecular complexity index is 816. The average Bonchev–Trinajstić information content (AvgIpc) is 3.22. The van der Waals surface area contributed by atoms with Gasteiger partial charge in [0, 0.05) is 45.3 Å². The third-order valence-corrected chi connectivity index (χ3v) is 6.08. The molecule has 2 aromatic carbocycles. The summed E-state index contributed by atoms with van der Waals surface area (Å²) in [6, 6.07) is 12.9. The van der Waals surface area contributed by atoms with E-state index < -0.39 is 0 Å². The van der Waals surface area contributed by atoms with Gasteiger partial charge in [0.05, 0.1) is 13.0 Å². The molecule has 4 rings (SSSR count). The second kappa shape index (κ2) is 7.87. The topological polar surface area (TPSA) is 44.8 Å². The monoisotopic (exact) mass is 367 g/mol. The number of carbonyl (C=O) groups is 1. The summed E-state index contributed by atoms with van der Waals surface area (Å²) in [4.78, 5) is 17.7. The molecule has 0 aliphatic carbocycles. The molecule has 2 heterocycles. The largest absolute Gasteiger partial charge is 0.497 e. The number of rotatable bonds is 4. The van der Waals surface area contributed by atoms with E-state index in [4.69, 9.17) is 4.74 Å². The number of likely N-dealkylation sites (tertiary alicyclic amines) is 1. The van der Waals surface area contributed by atoms with Crippen LogP contribution in [0.2, 0.25) is 0 Å². The normalized spacial score (nSPS) is 22.1. The van der Waals surface area contributed by atoms with Crippen molar-refractivity contribution in [2.75, 3.05) is 46.4 Å². The van der Waals surface area contributed by atoms with Crippen LogP contribution >= 0.6 is 0 Å². The maximum absolute atomic E-state index is 13.1. The highest BCUT2D eigenvalue weighted by Crippen LogP contribution is 2.27. The van der Waals surface area contributed by atoms with Gasteiger partial charge in [0.1, 0.15) is 5.75 Å². The molecule has 1 unspecified atom stereocenters. The Morgan fingerprint density at radius 1 is 1.11 bits per heavy atom. The Labute approximate surface area is 161 Å². The van der Waals surface area contributed by atoms with E-state index in [-0.39, 0.29) is 11.8 Å². The summed E-state index contributed by atoms with van der Waals surface area (Å²) < 4.78 is 5.30. The second-order valence-corrected chi connectivity index (χ2v) is 7.71. The van der Waals surface area contributed by atoms with Gasteiger partial charge in [-0.15, -0.1) is 0 Å². The van der Waals surface area contributed by atoms with Crippen molar-refractivity contribution in [2.24, 2.45) is 0 Å². The molecule has 2 aliphatic rings. The van der Waals surface area contributed by atoms with Gasteiger partial charge in [-0.1, -0.05) is 24.3 Å². The Hall–Kier alpha value is -2.11. The van der Waals surface area contributed by atoms with Crippen LogP contribution in [0.5, 0.6) is 5.75 Å². The summed E-state index contributed by atoms with van der Waals surface area (Å²) in [6.07, 6.45) is 1.09. The highest BCUT2D eigenvalue weighted by molar-refractivity contribution is 5.88. The van der Waals surface area contributed by atoms with Crippen molar-refractivity contribution in [3.63, 3.8) is 0 Å². The Kier molecular flexibility index (Phi) is 5.32. The minimum Gasteiger partial charge on any atom is -0.497 e. The minimum atomic E-state index is -0.113. The third-order valence-electron chi connectivity index (χ3n) is 6.08. The highest BCUT2D eigenvalue weighted by Gasteiger charge is 2.33. The molecule has 0 saturated carbocycles. The molecule has 2 aliphatic heterocycles. The number of nitrogens with zero attached hydrogens (tertiary/aromatic N) is 2. The predicted molar refractivity (Wildman–Crippen MR) is 108 cm³/mol. The number of carbonyl (C=O) groups excluding carboxylic acids is 1. The van der Waals surface area contributed by atoms with E-state index in [2.05, 4.69) is 39.4 Å². The zero-order valence-electron chi connectivity index (χ0n) is 16.3. The molecule has 5 nitrogen and oxygen atoms in total. The van der Waals surface area contributed by atoms with Crippen LogP contribution in [-0.4, -0.2) is 68.1 Å². The van der Waals surface area contributed by atoms with Gasteiger partial charge in [-0.3, -0.25) is 9.69 Å². The van der Waals surface area contributed by atoms with Crippen molar-refractivity contribution in [1.29, 1.82) is 0 Å². The van der Waals surface area contributed by atoms with Gasteiger partial charge in [0.25, 0.3) is 0 Å². The Morgan fingerprint density at radius 2 is 1.85 bits per heavy atom. The van der Waals surface area contributed by atoms with Crippen molar-refractivity contribution < 1.29 is 9.53 Å². The van der Waals surface area contributed by atoms with Crippen molar-refractivity contribution in [3.05, 3.63) is 42.0 Å². The number of benzene rings is 2. The molecule has 2 atom stereocenters. The lowest BCUT2D eigenvalue weighted by Gasteiger charge is -2.32. The number of hydrogen-bond acceptors (Lipinski definition) is 4. The van der Waals surface area contributed by atoms with E-state index in [1.807, 2.05) is 19.1 Å². The van der Waals surface area contributed by atoms with Crippen molar-refractivity contribution in [1.82, 2.24) is 15.1 Å². The number of hydrogen-bond donors (Lipinski definition) is 1. The van der Waals surface area contributed by atoms with Crippen molar-refractivity contribution in [3.8, 4) is 5.75 Å². The lowest BCUT2D eigenvalue weighted by molar-refractivity contribution is -0.131. The fraction of sp³-hybridized carbons (Fsp3) is 0.500. The summed E-state index contributed by atoms with van der Waals surface area (Å²) in [6.45, 7) is 8.08. The molecule has 5 heteroatoms. The minimum absolute atomic E-state index is 0.113. The predicted octanol–water partition coefficient (Wildman–Crippen LogP) is 2.46. The smallest absolute Gasteiger partial charge is 0.229 e. The first-order valence-corrected chi connectivity index (χ1v) is 9.97. The summed E-state index contributed by atoms with van der Waals surface area (Å²) in [7, 11) is 1.68. The van der Waals surface area contributed by atoms with Gasteiger partial charge in [-0.25, -0.2) is 0 Å². The number of nitrogens with one attached hydrogen (secondary N) is 1. The SMILES string of the molecule is COc1ccc2cc([C@H](C)C(=O)N3CCC(N4CCNCC4)C3)ccc2c1. The molecule has 0 radical (unpaired) electrons. The van der Waals surface area contributed by atoms with Gasteiger partial charge in [0.2, 0.25) is 5.91 Å². The Morgan fingerprint density at radius 3 is 2.63 bits per heavy atom. The fourth-order valence-corrected chi connectivity index (χ4v) is 4.34. The van der Waals surface area contributed by atoms with Crippen LogP contribution in [0.3, 0.4) is 0 Å². The zero-order valence-corrected chi connectivity index (χ0v) is 16.3. The van der Waals surface area contributed by atoms with Gasteiger partial charge in [0.15, 0.2) is 0 Å². The van der Waals surface area contributed by atoms with Crippen LogP contribution in [-0.2, 0) is 4.79 Å². The van der Waals surface area contributed by atoms with Gasteiger partial charge in [-0.05, 0) is 41.8 Å². The molecule has 0 spiro atoms. The van der Waals surface area contributed by atoms with Crippen LogP contribution < -0.4 is 10.1 Å². The maximum Gasteiger partial charge on any atom is 0.229 e. The lowest BCUT2D eigenvalue weighted by atomic mass is 9.96. The van der Waals surface area contributed by atoms with Crippen LogP contribution in [0.25, 0.3) is 10.8 Å². The van der Waals surface area contributed by atoms with E-state index >= 15 is 0 Å². The number of methoxy groups -OCH3 is 1. The zero-order chi connectivity index (χ0) is 18.8. The molecule has 2 aromatic rings. The number of fused-ring (bicyclic) bond motifs is 1. The first-order valence-electron chi connectivity index (χ1n) is 9.97. The van der Waals surface area contributed by atoms with Crippen molar-refractivity contribution >= 4 is 16.7 Å². The quantitative estimate of drug-likeness (QED) is 0.902. The molecule has 2 fully saturated rings. The van der Waals surface area contributed by atoms with Crippen molar-refractivity contribution in [2.45, 2.75) is 25.3 Å². The first kappa shape index (κ1) is 18.3. The Balaban J connectivity index is 1.45. The fourth-order valence-electron chi connectivity index (χ4n) is 4.34. The second-order valence-electron chi connectivity index (χ2n) is 7.71. The molecule has 0 bridgehead atoms. The van der Waals surface area contributed by atoms with Crippen LogP contribution in [0, 0.1) is 0 Å². The molecular formula is C22H29N3O2. The molecule has 144 valence electrons. The van der Waals surface area contributed by atoms with Gasteiger partial charge >= 0.3 is 0 Å². The van der Waals surface area contributed by atoms with Crippen LogP contribution in [0.1, 0.15) is 24.8 Å². The molecular weight excluding hydrogens is 338 g/mol. The van der Waals surface area contributed by atoms with E-state index in [0.717, 1.165) is 67.8 Å². The molecule has 1 amide bonds. The number of ether oxygens (including phenoxy) is 1. The molecule has 27 heavy (non-hydrogen) atoms. The van der Waals surface area contributed by atoms with E-state index in [1.54, 1.807) is 7.11 Å². The van der Waals surface area contributed by atoms with E-state index in [0.29, 0.717) is 6.04 Å². The van der Waals surface area contributed by atoms with Gasteiger partial charge < -0.3 is 15.0 Å². The van der Waals surface area contributed by atoms with E-state index in [1.165, 1.54) is 0 Å². The maximum atomic E-state index is 13.1. The number of amides is 1. The summed E-state index contributed by atoms with van der Waals surface area (Å²) >= 11 is 0. The van der Waals surface area contributed by atoms with Crippen LogP contribution in [0.4, 0.5) is 0 Å². The summed E-state index contributed by atoms with van der Waals surface area (Å²) in [5, 5.41) is 5.69. The summed E-state index contributed by atoms with van der Waals surface area (Å²) in [5.41, 5.74) is 1.09. The molecule has 1 N–H and O–H groups in total. The highest BCUT2D eigenvalue weighted by atomic mass is 16.5. The van der Waals surface area contributed by atoms with Crippen LogP contribution in [0.15, 0.2) is 36.4 Å².